The Hall–Kier alpha value is -3.72. The second-order valence-corrected chi connectivity index (χ2v) is 7.61. The molecule has 0 radical (unpaired) electrons. The molecule has 3 aromatic rings. The summed E-state index contributed by atoms with van der Waals surface area (Å²) in [4.78, 5) is 28.5. The fourth-order valence-corrected chi connectivity index (χ4v) is 3.59. The van der Waals surface area contributed by atoms with Crippen LogP contribution in [0.4, 0.5) is 14.9 Å². The van der Waals surface area contributed by atoms with Gasteiger partial charge < -0.3 is 19.7 Å². The molecule has 166 valence electrons. The number of aromatic nitrogens is 2. The number of hydrogen-bond acceptors (Lipinski definition) is 5. The maximum absolute atomic E-state index is 14.9. The van der Waals surface area contributed by atoms with E-state index in [4.69, 9.17) is 4.74 Å². The Morgan fingerprint density at radius 3 is 2.75 bits per heavy atom. The van der Waals surface area contributed by atoms with Gasteiger partial charge in [0.1, 0.15) is 11.9 Å². The highest BCUT2D eigenvalue weighted by molar-refractivity contribution is 5.90. The molecule has 1 aromatic heterocycles. The van der Waals surface area contributed by atoms with Gasteiger partial charge in [-0.2, -0.15) is 0 Å². The highest BCUT2D eigenvalue weighted by atomic mass is 19.1. The lowest BCUT2D eigenvalue weighted by atomic mass is 10.0. The number of benzene rings is 2. The molecule has 0 bridgehead atoms. The molecule has 2 unspecified atom stereocenters. The molecule has 0 aliphatic carbocycles. The first-order chi connectivity index (χ1) is 15.4. The Morgan fingerprint density at radius 1 is 1.31 bits per heavy atom. The standard InChI is InChI=1S/C23H23FN4O4/c1-15(29)26-11-19-12-28(23(31)32-19)18-6-7-20(21(24)10-18)16-2-4-17(5-3-16)22(30)13-27-9-8-25-14-27/h2-10,14,19,22,30H,11-13H2,1H3,(H,26,29). The summed E-state index contributed by atoms with van der Waals surface area (Å²) < 4.78 is 21.9. The van der Waals surface area contributed by atoms with Crippen molar-refractivity contribution < 1.29 is 23.8 Å². The second kappa shape index (κ2) is 9.19. The molecule has 2 heterocycles. The maximum Gasteiger partial charge on any atom is 0.414 e. The summed E-state index contributed by atoms with van der Waals surface area (Å²) in [5, 5.41) is 13.0. The summed E-state index contributed by atoms with van der Waals surface area (Å²) in [6.45, 7) is 2.19. The number of cyclic esters (lactones) is 1. The van der Waals surface area contributed by atoms with Gasteiger partial charge in [-0.3, -0.25) is 9.69 Å². The number of carbonyl (C=O) groups is 2. The first-order valence-electron chi connectivity index (χ1n) is 10.2. The van der Waals surface area contributed by atoms with Crippen molar-refractivity contribution in [3.05, 3.63) is 72.6 Å². The zero-order valence-corrected chi connectivity index (χ0v) is 17.4. The van der Waals surface area contributed by atoms with E-state index in [9.17, 15) is 19.1 Å². The van der Waals surface area contributed by atoms with Crippen LogP contribution in [0.2, 0.25) is 0 Å². The minimum Gasteiger partial charge on any atom is -0.442 e. The number of halogens is 1. The number of amides is 2. The van der Waals surface area contributed by atoms with Gasteiger partial charge in [0.2, 0.25) is 5.91 Å². The van der Waals surface area contributed by atoms with Gasteiger partial charge in [0.05, 0.1) is 37.8 Å². The summed E-state index contributed by atoms with van der Waals surface area (Å²) in [5.74, 6) is -0.692. The van der Waals surface area contributed by atoms with Crippen LogP contribution in [-0.4, -0.2) is 45.9 Å². The van der Waals surface area contributed by atoms with Crippen molar-refractivity contribution in [3.63, 3.8) is 0 Å². The van der Waals surface area contributed by atoms with E-state index in [1.807, 2.05) is 0 Å². The highest BCUT2D eigenvalue weighted by Crippen LogP contribution is 2.30. The Morgan fingerprint density at radius 2 is 2.09 bits per heavy atom. The van der Waals surface area contributed by atoms with E-state index >= 15 is 0 Å². The van der Waals surface area contributed by atoms with Crippen molar-refractivity contribution in [2.75, 3.05) is 18.0 Å². The molecular formula is C23H23FN4O4. The van der Waals surface area contributed by atoms with E-state index in [-0.39, 0.29) is 19.0 Å². The third kappa shape index (κ3) is 4.78. The normalized spacial score (nSPS) is 16.7. The van der Waals surface area contributed by atoms with Gasteiger partial charge in [-0.15, -0.1) is 0 Å². The summed E-state index contributed by atoms with van der Waals surface area (Å²) in [6, 6.07) is 11.6. The van der Waals surface area contributed by atoms with Crippen molar-refractivity contribution in [3.8, 4) is 11.1 Å². The van der Waals surface area contributed by atoms with E-state index in [2.05, 4.69) is 10.3 Å². The van der Waals surface area contributed by atoms with Crippen LogP contribution < -0.4 is 10.2 Å². The smallest absolute Gasteiger partial charge is 0.414 e. The Bertz CT molecular complexity index is 1100. The summed E-state index contributed by atoms with van der Waals surface area (Å²) in [7, 11) is 0. The number of aliphatic hydroxyl groups is 1. The van der Waals surface area contributed by atoms with E-state index in [1.54, 1.807) is 59.7 Å². The molecule has 2 N–H and O–H groups in total. The minimum absolute atomic E-state index is 0.206. The van der Waals surface area contributed by atoms with E-state index < -0.39 is 24.1 Å². The van der Waals surface area contributed by atoms with Crippen molar-refractivity contribution in [1.29, 1.82) is 0 Å². The van der Waals surface area contributed by atoms with Crippen LogP contribution in [-0.2, 0) is 16.1 Å². The predicted molar refractivity (Wildman–Crippen MR) is 115 cm³/mol. The van der Waals surface area contributed by atoms with E-state index in [0.29, 0.717) is 28.9 Å². The van der Waals surface area contributed by atoms with Crippen LogP contribution in [0.15, 0.2) is 61.2 Å². The van der Waals surface area contributed by atoms with Gasteiger partial charge in [-0.25, -0.2) is 14.2 Å². The number of imidazole rings is 1. The van der Waals surface area contributed by atoms with Crippen molar-refractivity contribution in [2.24, 2.45) is 0 Å². The maximum atomic E-state index is 14.9. The first kappa shape index (κ1) is 21.5. The average molecular weight is 438 g/mol. The largest absolute Gasteiger partial charge is 0.442 e. The zero-order valence-electron chi connectivity index (χ0n) is 17.4. The number of hydrogen-bond donors (Lipinski definition) is 2. The molecule has 2 atom stereocenters. The molecule has 1 saturated heterocycles. The Kier molecular flexibility index (Phi) is 6.18. The quantitative estimate of drug-likeness (QED) is 0.591. The fourth-order valence-electron chi connectivity index (χ4n) is 3.59. The number of anilines is 1. The van der Waals surface area contributed by atoms with Crippen LogP contribution in [0.5, 0.6) is 0 Å². The minimum atomic E-state index is -0.711. The van der Waals surface area contributed by atoms with Gasteiger partial charge >= 0.3 is 6.09 Å². The topological polar surface area (TPSA) is 96.7 Å². The molecule has 0 spiro atoms. The van der Waals surface area contributed by atoms with Gasteiger partial charge in [-0.05, 0) is 29.3 Å². The highest BCUT2D eigenvalue weighted by Gasteiger charge is 2.32. The second-order valence-electron chi connectivity index (χ2n) is 7.61. The molecular weight excluding hydrogens is 415 g/mol. The Labute approximate surface area is 184 Å². The number of rotatable bonds is 7. The monoisotopic (exact) mass is 438 g/mol. The lowest BCUT2D eigenvalue weighted by molar-refractivity contribution is -0.119. The number of nitrogens with one attached hydrogen (secondary N) is 1. The number of nitrogens with zero attached hydrogens (tertiary/aromatic N) is 3. The third-order valence-electron chi connectivity index (χ3n) is 5.27. The van der Waals surface area contributed by atoms with Crippen LogP contribution in [0.25, 0.3) is 11.1 Å². The molecule has 4 rings (SSSR count). The molecule has 1 aliphatic heterocycles. The summed E-state index contributed by atoms with van der Waals surface area (Å²) >= 11 is 0. The number of ether oxygens (including phenoxy) is 1. The van der Waals surface area contributed by atoms with Crippen LogP contribution in [0.3, 0.4) is 0 Å². The molecule has 32 heavy (non-hydrogen) atoms. The SMILES string of the molecule is CC(=O)NCC1CN(c2ccc(-c3ccc(C(O)Cn4ccnc4)cc3)c(F)c2)C(=O)O1. The molecule has 1 aliphatic rings. The van der Waals surface area contributed by atoms with Crippen LogP contribution in [0, 0.1) is 5.82 Å². The lowest BCUT2D eigenvalue weighted by Gasteiger charge is -2.15. The number of carbonyl (C=O) groups excluding carboxylic acids is 2. The van der Waals surface area contributed by atoms with Crippen LogP contribution in [0.1, 0.15) is 18.6 Å². The van der Waals surface area contributed by atoms with E-state index in [1.165, 1.54) is 17.9 Å². The lowest BCUT2D eigenvalue weighted by Crippen LogP contribution is -2.33. The van der Waals surface area contributed by atoms with E-state index in [0.717, 1.165) is 0 Å². The summed E-state index contributed by atoms with van der Waals surface area (Å²) in [5.41, 5.74) is 2.13. The van der Waals surface area contributed by atoms with Gasteiger partial charge in [-0.1, -0.05) is 24.3 Å². The van der Waals surface area contributed by atoms with Crippen molar-refractivity contribution in [2.45, 2.75) is 25.7 Å². The first-order valence-corrected chi connectivity index (χ1v) is 10.2. The zero-order chi connectivity index (χ0) is 22.7. The van der Waals surface area contributed by atoms with Crippen LogP contribution >= 0.6 is 0 Å². The van der Waals surface area contributed by atoms with Gasteiger partial charge in [0.15, 0.2) is 0 Å². The molecule has 2 amide bonds. The molecule has 8 nitrogen and oxygen atoms in total. The third-order valence-corrected chi connectivity index (χ3v) is 5.27. The van der Waals surface area contributed by atoms with Gasteiger partial charge in [0.25, 0.3) is 0 Å². The molecule has 1 fully saturated rings. The Balaban J connectivity index is 1.45. The van der Waals surface area contributed by atoms with Gasteiger partial charge in [0, 0.05) is 24.9 Å². The predicted octanol–water partition coefficient (Wildman–Crippen LogP) is 2.88. The average Bonchev–Trinajstić information content (AvgIpc) is 3.41. The molecule has 0 saturated carbocycles. The fraction of sp³-hybridized carbons (Fsp3) is 0.261. The molecule has 2 aromatic carbocycles. The van der Waals surface area contributed by atoms with Crippen molar-refractivity contribution in [1.82, 2.24) is 14.9 Å². The molecule has 9 heteroatoms. The number of aliphatic hydroxyl groups excluding tert-OH is 1. The summed E-state index contributed by atoms with van der Waals surface area (Å²) in [6.07, 6.45) is 3.27. The van der Waals surface area contributed by atoms with Crippen molar-refractivity contribution >= 4 is 17.7 Å².